The normalized spacial score (nSPS) is 19.5. The van der Waals surface area contributed by atoms with E-state index in [2.05, 4.69) is 17.2 Å². The summed E-state index contributed by atoms with van der Waals surface area (Å²) < 4.78 is 6.85. The van der Waals surface area contributed by atoms with Crippen LogP contribution in [0.3, 0.4) is 0 Å². The Morgan fingerprint density at radius 2 is 1.94 bits per heavy atom. The predicted molar refractivity (Wildman–Crippen MR) is 131 cm³/mol. The summed E-state index contributed by atoms with van der Waals surface area (Å²) in [7, 11) is 0. The third kappa shape index (κ3) is 6.45. The van der Waals surface area contributed by atoms with Gasteiger partial charge in [-0.05, 0) is 43.1 Å². The van der Waals surface area contributed by atoms with E-state index >= 15 is 0 Å². The summed E-state index contributed by atoms with van der Waals surface area (Å²) >= 11 is 0. The molecule has 0 bridgehead atoms. The lowest BCUT2D eigenvalue weighted by Gasteiger charge is -2.38. The van der Waals surface area contributed by atoms with Crippen LogP contribution in [0.25, 0.3) is 0 Å². The molecule has 2 N–H and O–H groups in total. The molecule has 1 aromatic carbocycles. The van der Waals surface area contributed by atoms with Crippen LogP contribution in [0.1, 0.15) is 50.5 Å². The van der Waals surface area contributed by atoms with E-state index in [0.717, 1.165) is 38.2 Å². The van der Waals surface area contributed by atoms with E-state index in [1.165, 1.54) is 17.0 Å². The largest absolute Gasteiger partial charge is 0.388 e. The van der Waals surface area contributed by atoms with E-state index in [0.29, 0.717) is 44.1 Å². The molecule has 1 aromatic heterocycles. The zero-order valence-electron chi connectivity index (χ0n) is 20.0. The molecule has 2 fully saturated rings. The molecule has 0 spiro atoms. The average molecular weight is 469 g/mol. The summed E-state index contributed by atoms with van der Waals surface area (Å²) in [5, 5.41) is 14.4. The molecule has 0 saturated carbocycles. The van der Waals surface area contributed by atoms with Crippen LogP contribution in [0.15, 0.2) is 47.5 Å². The van der Waals surface area contributed by atoms with Crippen LogP contribution in [-0.2, 0) is 16.1 Å². The Morgan fingerprint density at radius 3 is 2.62 bits per heavy atom. The maximum Gasteiger partial charge on any atom is 0.255 e. The van der Waals surface area contributed by atoms with Crippen molar-refractivity contribution in [2.75, 3.05) is 38.2 Å². The molecule has 2 aliphatic heterocycles. The number of aliphatic hydroxyl groups is 1. The number of aromatic nitrogens is 2. The van der Waals surface area contributed by atoms with E-state index in [-0.39, 0.29) is 23.9 Å². The van der Waals surface area contributed by atoms with Crippen molar-refractivity contribution in [3.8, 4) is 0 Å². The minimum atomic E-state index is -1.02. The highest BCUT2D eigenvalue weighted by atomic mass is 16.5. The smallest absolute Gasteiger partial charge is 0.255 e. The zero-order chi connectivity index (χ0) is 24.0. The first-order valence-corrected chi connectivity index (χ1v) is 12.3. The van der Waals surface area contributed by atoms with Crippen LogP contribution in [0.2, 0.25) is 0 Å². The number of benzene rings is 1. The predicted octanol–water partition coefficient (Wildman–Crippen LogP) is 2.63. The number of ether oxygens (including phenoxy) is 1. The average Bonchev–Trinajstić information content (AvgIpc) is 2.86. The number of nitrogens with one attached hydrogen (secondary N) is 1. The van der Waals surface area contributed by atoms with Gasteiger partial charge in [0, 0.05) is 45.3 Å². The lowest BCUT2D eigenvalue weighted by atomic mass is 9.90. The van der Waals surface area contributed by atoms with E-state index in [9.17, 15) is 14.7 Å². The van der Waals surface area contributed by atoms with Gasteiger partial charge < -0.3 is 20.1 Å². The molecule has 8 nitrogen and oxygen atoms in total. The van der Waals surface area contributed by atoms with Gasteiger partial charge in [0.05, 0.1) is 18.5 Å². The fourth-order valence-corrected chi connectivity index (χ4v) is 4.78. The molecule has 184 valence electrons. The lowest BCUT2D eigenvalue weighted by Crippen LogP contribution is -2.49. The van der Waals surface area contributed by atoms with Crippen LogP contribution in [-0.4, -0.2) is 63.9 Å². The molecule has 0 unspecified atom stereocenters. The maximum atomic E-state index is 12.8. The van der Waals surface area contributed by atoms with E-state index in [1.54, 1.807) is 0 Å². The third-order valence-corrected chi connectivity index (χ3v) is 7.15. The number of rotatable bonds is 8. The van der Waals surface area contributed by atoms with Gasteiger partial charge in [0.15, 0.2) is 0 Å². The molecule has 2 aliphatic rings. The molecule has 3 heterocycles. The Hall–Kier alpha value is -2.71. The fraction of sp³-hybridized carbons (Fsp3) is 0.577. The third-order valence-electron chi connectivity index (χ3n) is 7.15. The van der Waals surface area contributed by atoms with Gasteiger partial charge in [-0.3, -0.25) is 14.2 Å². The molecule has 4 rings (SSSR count). The van der Waals surface area contributed by atoms with Gasteiger partial charge in [0.25, 0.3) is 5.56 Å². The highest BCUT2D eigenvalue weighted by Crippen LogP contribution is 2.26. The van der Waals surface area contributed by atoms with Crippen LogP contribution in [0.5, 0.6) is 0 Å². The van der Waals surface area contributed by atoms with Crippen molar-refractivity contribution >= 4 is 11.7 Å². The van der Waals surface area contributed by atoms with Crippen molar-refractivity contribution in [1.82, 2.24) is 14.5 Å². The summed E-state index contributed by atoms with van der Waals surface area (Å²) in [6, 6.07) is 11.5. The van der Waals surface area contributed by atoms with Crippen molar-refractivity contribution in [3.05, 3.63) is 58.6 Å². The van der Waals surface area contributed by atoms with Crippen molar-refractivity contribution in [3.63, 3.8) is 0 Å². The number of likely N-dealkylation sites (tertiary alicyclic amines) is 1. The number of nitrogens with zero attached hydrogens (tertiary/aromatic N) is 3. The Kier molecular flexibility index (Phi) is 8.00. The Labute approximate surface area is 201 Å². The highest BCUT2D eigenvalue weighted by molar-refractivity contribution is 5.77. The monoisotopic (exact) mass is 468 g/mol. The van der Waals surface area contributed by atoms with E-state index < -0.39 is 5.60 Å². The molecular formula is C26H36N4O4. The number of piperidine rings is 1. The first kappa shape index (κ1) is 24.4. The first-order chi connectivity index (χ1) is 16.4. The van der Waals surface area contributed by atoms with Crippen molar-refractivity contribution in [2.24, 2.45) is 5.92 Å². The molecule has 1 atom stereocenters. The van der Waals surface area contributed by atoms with Crippen LogP contribution < -0.4 is 10.9 Å². The fourth-order valence-electron chi connectivity index (χ4n) is 4.78. The van der Waals surface area contributed by atoms with Crippen molar-refractivity contribution in [1.29, 1.82) is 0 Å². The van der Waals surface area contributed by atoms with Gasteiger partial charge in [-0.2, -0.15) is 0 Å². The van der Waals surface area contributed by atoms with Gasteiger partial charge >= 0.3 is 0 Å². The molecule has 1 amide bonds. The van der Waals surface area contributed by atoms with Gasteiger partial charge in [-0.25, -0.2) is 4.98 Å². The molecule has 2 aromatic rings. The van der Waals surface area contributed by atoms with Crippen molar-refractivity contribution < 1.29 is 14.6 Å². The first-order valence-electron chi connectivity index (χ1n) is 12.3. The summed E-state index contributed by atoms with van der Waals surface area (Å²) in [5.41, 5.74) is -0.0558. The Balaban J connectivity index is 1.26. The second kappa shape index (κ2) is 11.1. The molecular weight excluding hydrogens is 432 g/mol. The molecule has 34 heavy (non-hydrogen) atoms. The second-order valence-corrected chi connectivity index (χ2v) is 9.80. The van der Waals surface area contributed by atoms with Gasteiger partial charge in [-0.1, -0.05) is 37.3 Å². The molecule has 0 radical (unpaired) electrons. The molecule has 2 saturated heterocycles. The summed E-state index contributed by atoms with van der Waals surface area (Å²) in [5.74, 6) is 1.35. The lowest BCUT2D eigenvalue weighted by molar-refractivity contribution is -0.136. The summed E-state index contributed by atoms with van der Waals surface area (Å²) in [4.78, 5) is 31.6. The van der Waals surface area contributed by atoms with Crippen LogP contribution in [0.4, 0.5) is 5.82 Å². The number of carbonyl (C=O) groups is 1. The quantitative estimate of drug-likeness (QED) is 0.618. The number of anilines is 1. The zero-order valence-corrected chi connectivity index (χ0v) is 20.0. The highest BCUT2D eigenvalue weighted by Gasteiger charge is 2.34. The van der Waals surface area contributed by atoms with Crippen LogP contribution >= 0.6 is 0 Å². The minimum Gasteiger partial charge on any atom is -0.388 e. The topological polar surface area (TPSA) is 96.7 Å². The molecule has 0 aliphatic carbocycles. The van der Waals surface area contributed by atoms with E-state index in [1.807, 2.05) is 35.2 Å². The van der Waals surface area contributed by atoms with Crippen molar-refractivity contribution in [2.45, 2.75) is 57.1 Å². The Bertz CT molecular complexity index is 995. The number of hydrogen-bond acceptors (Lipinski definition) is 6. The maximum absolute atomic E-state index is 12.8. The summed E-state index contributed by atoms with van der Waals surface area (Å²) in [6.07, 6.45) is 4.87. The van der Waals surface area contributed by atoms with Crippen LogP contribution in [0, 0.1) is 5.92 Å². The minimum absolute atomic E-state index is 0.109. The van der Waals surface area contributed by atoms with Gasteiger partial charge in [-0.15, -0.1) is 0 Å². The number of amides is 1. The SMILES string of the molecule is C[C@H](CC(=O)N1CCC(O)(Cn2cnc(NCC3CCOCC3)cc2=O)CC1)c1ccccc1. The standard InChI is InChI=1S/C26H36N4O4/c1-20(22-5-3-2-4-6-22)15-24(31)29-11-9-26(33,10-12-29)18-30-19-28-23(16-25(30)32)27-17-21-7-13-34-14-8-21/h2-6,16,19-21,27,33H,7-15,17-18H2,1H3/t20-/m1/s1. The number of carbonyl (C=O) groups excluding carboxylic acids is 1. The van der Waals surface area contributed by atoms with Gasteiger partial charge in [0.1, 0.15) is 5.82 Å². The second-order valence-electron chi connectivity index (χ2n) is 9.80. The van der Waals surface area contributed by atoms with E-state index in [4.69, 9.17) is 4.74 Å². The number of hydrogen-bond donors (Lipinski definition) is 2. The molecule has 8 heteroatoms. The Morgan fingerprint density at radius 1 is 1.24 bits per heavy atom. The summed E-state index contributed by atoms with van der Waals surface area (Å²) in [6.45, 7) is 5.57. The van der Waals surface area contributed by atoms with Gasteiger partial charge in [0.2, 0.25) is 5.91 Å².